The van der Waals surface area contributed by atoms with Crippen LogP contribution >= 0.6 is 0 Å². The fourth-order valence-corrected chi connectivity index (χ4v) is 2.87. The van der Waals surface area contributed by atoms with E-state index < -0.39 is 0 Å². The lowest BCUT2D eigenvalue weighted by Gasteiger charge is -2.53. The maximum Gasteiger partial charge on any atom is 0.319 e. The number of carbonyl (C=O) groups is 1. The summed E-state index contributed by atoms with van der Waals surface area (Å²) in [6, 6.07) is 0.180. The van der Waals surface area contributed by atoms with Gasteiger partial charge in [0.05, 0.1) is 0 Å². The van der Waals surface area contributed by atoms with Crippen LogP contribution in [-0.2, 0) is 0 Å². The van der Waals surface area contributed by atoms with Crippen molar-refractivity contribution < 1.29 is 4.79 Å². The van der Waals surface area contributed by atoms with E-state index in [0.717, 1.165) is 19.0 Å². The van der Waals surface area contributed by atoms with Crippen LogP contribution in [0.15, 0.2) is 0 Å². The Morgan fingerprint density at radius 3 is 2.06 bits per heavy atom. The predicted molar refractivity (Wildman–Crippen MR) is 72.1 cm³/mol. The molecule has 0 aromatic carbocycles. The molecular weight excluding hydrogens is 212 g/mol. The molecule has 17 heavy (non-hydrogen) atoms. The molecule has 0 N–H and O–H groups in total. The number of hydrogen-bond donors (Lipinski definition) is 0. The van der Waals surface area contributed by atoms with Gasteiger partial charge in [0, 0.05) is 32.6 Å². The smallest absolute Gasteiger partial charge is 0.319 e. The van der Waals surface area contributed by atoms with Crippen LogP contribution in [0.2, 0.25) is 0 Å². The minimum atomic E-state index is 0.180. The largest absolute Gasteiger partial charge is 0.331 e. The van der Waals surface area contributed by atoms with Gasteiger partial charge < -0.3 is 9.80 Å². The Kier molecular flexibility index (Phi) is 4.84. The molecule has 3 nitrogen and oxygen atoms in total. The first-order valence-corrected chi connectivity index (χ1v) is 6.99. The lowest BCUT2D eigenvalue weighted by Crippen LogP contribution is -2.61. The standard InChI is InChI=1S/C12H22N2O.C2H6/c1-10-4-6-12(7-5-10)8-14(9-12)11(15)13(2)3;1-2/h10H,4-9H2,1-3H3;1-2H3. The van der Waals surface area contributed by atoms with Gasteiger partial charge in [-0.25, -0.2) is 4.79 Å². The summed E-state index contributed by atoms with van der Waals surface area (Å²) in [6.07, 6.45) is 5.35. The Labute approximate surface area is 106 Å². The molecule has 2 rings (SSSR count). The molecule has 0 unspecified atom stereocenters. The third-order valence-corrected chi connectivity index (χ3v) is 4.04. The second-order valence-electron chi connectivity index (χ2n) is 5.72. The molecule has 0 aromatic heterocycles. The molecule has 0 bridgehead atoms. The summed E-state index contributed by atoms with van der Waals surface area (Å²) in [4.78, 5) is 15.3. The summed E-state index contributed by atoms with van der Waals surface area (Å²) in [5.41, 5.74) is 0.498. The molecular formula is C14H28N2O. The monoisotopic (exact) mass is 240 g/mol. The molecule has 0 aromatic rings. The number of urea groups is 1. The molecule has 1 spiro atoms. The predicted octanol–water partition coefficient (Wildman–Crippen LogP) is 3.21. The third kappa shape index (κ3) is 3.14. The molecule has 2 amide bonds. The summed E-state index contributed by atoms with van der Waals surface area (Å²) in [5, 5.41) is 0. The van der Waals surface area contributed by atoms with Crippen LogP contribution in [0.4, 0.5) is 4.79 Å². The molecule has 100 valence electrons. The van der Waals surface area contributed by atoms with E-state index in [-0.39, 0.29) is 6.03 Å². The Morgan fingerprint density at radius 2 is 1.65 bits per heavy atom. The van der Waals surface area contributed by atoms with E-state index in [1.807, 2.05) is 32.8 Å². The van der Waals surface area contributed by atoms with Crippen LogP contribution in [0.25, 0.3) is 0 Å². The number of hydrogen-bond acceptors (Lipinski definition) is 1. The van der Waals surface area contributed by atoms with E-state index in [1.165, 1.54) is 25.7 Å². The SMILES string of the molecule is CC.CC1CCC2(CC1)CN(C(=O)N(C)C)C2. The molecule has 1 aliphatic carbocycles. The molecule has 2 aliphatic rings. The summed E-state index contributed by atoms with van der Waals surface area (Å²) in [7, 11) is 3.66. The van der Waals surface area contributed by atoms with Gasteiger partial charge in [-0.3, -0.25) is 0 Å². The van der Waals surface area contributed by atoms with Gasteiger partial charge in [0.1, 0.15) is 0 Å². The maximum atomic E-state index is 11.7. The highest BCUT2D eigenvalue weighted by molar-refractivity contribution is 5.74. The quantitative estimate of drug-likeness (QED) is 0.638. The lowest BCUT2D eigenvalue weighted by molar-refractivity contribution is -0.0155. The summed E-state index contributed by atoms with van der Waals surface area (Å²) in [5.74, 6) is 0.897. The van der Waals surface area contributed by atoms with E-state index in [4.69, 9.17) is 0 Å². The van der Waals surface area contributed by atoms with E-state index in [2.05, 4.69) is 6.92 Å². The van der Waals surface area contributed by atoms with Crippen molar-refractivity contribution in [2.24, 2.45) is 11.3 Å². The van der Waals surface area contributed by atoms with E-state index in [9.17, 15) is 4.79 Å². The second kappa shape index (κ2) is 5.74. The number of rotatable bonds is 0. The summed E-state index contributed by atoms with van der Waals surface area (Å²) < 4.78 is 0. The Hall–Kier alpha value is -0.730. The highest BCUT2D eigenvalue weighted by Crippen LogP contribution is 2.45. The summed E-state index contributed by atoms with van der Waals surface area (Å²) >= 11 is 0. The Morgan fingerprint density at radius 1 is 1.18 bits per heavy atom. The first kappa shape index (κ1) is 14.3. The van der Waals surface area contributed by atoms with Crippen LogP contribution in [-0.4, -0.2) is 43.0 Å². The van der Waals surface area contributed by atoms with Gasteiger partial charge in [-0.05, 0) is 18.8 Å². The van der Waals surface area contributed by atoms with Crippen molar-refractivity contribution in [1.82, 2.24) is 9.80 Å². The fraction of sp³-hybridized carbons (Fsp3) is 0.929. The Balaban J connectivity index is 0.000000686. The van der Waals surface area contributed by atoms with E-state index in [0.29, 0.717) is 5.41 Å². The molecule has 1 saturated carbocycles. The van der Waals surface area contributed by atoms with Crippen LogP contribution in [0.5, 0.6) is 0 Å². The van der Waals surface area contributed by atoms with Crippen molar-refractivity contribution >= 4 is 6.03 Å². The van der Waals surface area contributed by atoms with Gasteiger partial charge in [-0.15, -0.1) is 0 Å². The third-order valence-electron chi connectivity index (χ3n) is 4.04. The van der Waals surface area contributed by atoms with Gasteiger partial charge in [-0.1, -0.05) is 33.6 Å². The Bertz CT molecular complexity index is 247. The van der Waals surface area contributed by atoms with Gasteiger partial charge in [0.2, 0.25) is 0 Å². The average Bonchev–Trinajstić information content (AvgIpc) is 2.29. The van der Waals surface area contributed by atoms with Gasteiger partial charge in [-0.2, -0.15) is 0 Å². The van der Waals surface area contributed by atoms with Crippen LogP contribution in [0.3, 0.4) is 0 Å². The molecule has 1 heterocycles. The molecule has 1 saturated heterocycles. The molecule has 0 radical (unpaired) electrons. The minimum Gasteiger partial charge on any atom is -0.331 e. The normalized spacial score (nSPS) is 22.5. The van der Waals surface area contributed by atoms with Crippen LogP contribution in [0.1, 0.15) is 46.5 Å². The van der Waals surface area contributed by atoms with Gasteiger partial charge in [0.15, 0.2) is 0 Å². The highest BCUT2D eigenvalue weighted by atomic mass is 16.2. The maximum absolute atomic E-state index is 11.7. The van der Waals surface area contributed by atoms with Gasteiger partial charge >= 0.3 is 6.03 Å². The molecule has 1 aliphatic heterocycles. The van der Waals surface area contributed by atoms with Crippen molar-refractivity contribution in [2.45, 2.75) is 46.5 Å². The number of amides is 2. The number of likely N-dealkylation sites (tertiary alicyclic amines) is 1. The first-order valence-electron chi connectivity index (χ1n) is 6.99. The van der Waals surface area contributed by atoms with E-state index >= 15 is 0 Å². The van der Waals surface area contributed by atoms with Crippen molar-refractivity contribution in [3.05, 3.63) is 0 Å². The lowest BCUT2D eigenvalue weighted by atomic mass is 9.66. The number of carbonyl (C=O) groups excluding carboxylic acids is 1. The topological polar surface area (TPSA) is 23.6 Å². The van der Waals surface area contributed by atoms with Crippen LogP contribution < -0.4 is 0 Å². The first-order chi connectivity index (χ1) is 8.02. The molecule has 2 fully saturated rings. The van der Waals surface area contributed by atoms with Crippen molar-refractivity contribution in [3.8, 4) is 0 Å². The van der Waals surface area contributed by atoms with Crippen molar-refractivity contribution in [2.75, 3.05) is 27.2 Å². The average molecular weight is 240 g/mol. The highest BCUT2D eigenvalue weighted by Gasteiger charge is 2.46. The zero-order valence-corrected chi connectivity index (χ0v) is 12.1. The van der Waals surface area contributed by atoms with E-state index in [1.54, 1.807) is 4.90 Å². The minimum absolute atomic E-state index is 0.180. The molecule has 0 atom stereocenters. The van der Waals surface area contributed by atoms with Crippen molar-refractivity contribution in [3.63, 3.8) is 0 Å². The van der Waals surface area contributed by atoms with Gasteiger partial charge in [0.25, 0.3) is 0 Å². The summed E-state index contributed by atoms with van der Waals surface area (Å²) in [6.45, 7) is 8.34. The zero-order chi connectivity index (χ0) is 13.1. The van der Waals surface area contributed by atoms with Crippen molar-refractivity contribution in [1.29, 1.82) is 0 Å². The fourth-order valence-electron chi connectivity index (χ4n) is 2.87. The zero-order valence-electron chi connectivity index (χ0n) is 12.1. The van der Waals surface area contributed by atoms with Crippen LogP contribution in [0, 0.1) is 11.3 Å². The number of nitrogens with zero attached hydrogens (tertiary/aromatic N) is 2. The molecule has 3 heteroatoms. The second-order valence-corrected chi connectivity index (χ2v) is 5.72.